The van der Waals surface area contributed by atoms with Crippen LogP contribution in [0.25, 0.3) is 0 Å². The lowest BCUT2D eigenvalue weighted by atomic mass is 9.96. The Morgan fingerprint density at radius 2 is 1.88 bits per heavy atom. The van der Waals surface area contributed by atoms with Crippen LogP contribution in [0.15, 0.2) is 0 Å². The molecule has 26 heavy (non-hydrogen) atoms. The molecule has 0 radical (unpaired) electrons. The predicted molar refractivity (Wildman–Crippen MR) is 92.2 cm³/mol. The van der Waals surface area contributed by atoms with Crippen molar-refractivity contribution in [2.75, 3.05) is 6.54 Å². The Balaban J connectivity index is 1.49. The third-order valence-corrected chi connectivity index (χ3v) is 5.31. The molecule has 0 bridgehead atoms. The molecule has 0 saturated heterocycles. The van der Waals surface area contributed by atoms with Gasteiger partial charge in [-0.25, -0.2) is 4.79 Å². The SMILES string of the molecule is O=C(NCCCn1nc(C(F)(F)F)c(Cl)c1C1CC1)NC1CCCCC1. The van der Waals surface area contributed by atoms with Crippen molar-refractivity contribution in [3.63, 3.8) is 0 Å². The number of nitrogens with one attached hydrogen (secondary N) is 2. The number of aromatic nitrogens is 2. The first kappa shape index (κ1) is 19.3. The number of amides is 2. The van der Waals surface area contributed by atoms with Crippen LogP contribution in [0, 0.1) is 0 Å². The summed E-state index contributed by atoms with van der Waals surface area (Å²) in [5.41, 5.74) is -0.533. The second-order valence-electron chi connectivity index (χ2n) is 7.13. The van der Waals surface area contributed by atoms with E-state index in [4.69, 9.17) is 11.6 Å². The molecule has 3 rings (SSSR count). The minimum atomic E-state index is -4.55. The molecule has 0 aliphatic heterocycles. The monoisotopic (exact) mass is 392 g/mol. The third kappa shape index (κ3) is 4.84. The van der Waals surface area contributed by atoms with E-state index < -0.39 is 11.9 Å². The Hall–Kier alpha value is -1.44. The van der Waals surface area contributed by atoms with Gasteiger partial charge in [-0.3, -0.25) is 4.68 Å². The van der Waals surface area contributed by atoms with Gasteiger partial charge < -0.3 is 10.6 Å². The van der Waals surface area contributed by atoms with Crippen LogP contribution in [-0.4, -0.2) is 28.4 Å². The van der Waals surface area contributed by atoms with Gasteiger partial charge >= 0.3 is 12.2 Å². The van der Waals surface area contributed by atoms with Gasteiger partial charge in [0.1, 0.15) is 0 Å². The third-order valence-electron chi connectivity index (χ3n) is 4.94. The summed E-state index contributed by atoms with van der Waals surface area (Å²) in [6.07, 6.45) is 3.11. The fourth-order valence-corrected chi connectivity index (χ4v) is 3.86. The van der Waals surface area contributed by atoms with Crippen LogP contribution in [0.1, 0.15) is 68.7 Å². The zero-order chi connectivity index (χ0) is 18.7. The molecule has 1 heterocycles. The molecule has 0 aromatic carbocycles. The van der Waals surface area contributed by atoms with E-state index in [2.05, 4.69) is 15.7 Å². The maximum atomic E-state index is 13.0. The van der Waals surface area contributed by atoms with Crippen LogP contribution in [0.3, 0.4) is 0 Å². The lowest BCUT2D eigenvalue weighted by Crippen LogP contribution is -2.43. The minimum absolute atomic E-state index is 0.0636. The van der Waals surface area contributed by atoms with Crippen LogP contribution in [0.4, 0.5) is 18.0 Å². The van der Waals surface area contributed by atoms with Crippen molar-refractivity contribution in [3.05, 3.63) is 16.4 Å². The highest BCUT2D eigenvalue weighted by molar-refractivity contribution is 6.32. The molecule has 1 aromatic heterocycles. The smallest absolute Gasteiger partial charge is 0.338 e. The zero-order valence-electron chi connectivity index (χ0n) is 14.5. The topological polar surface area (TPSA) is 59.0 Å². The first-order valence-electron chi connectivity index (χ1n) is 9.24. The van der Waals surface area contributed by atoms with E-state index in [0.717, 1.165) is 38.5 Å². The Labute approximate surface area is 155 Å². The van der Waals surface area contributed by atoms with Gasteiger partial charge in [-0.2, -0.15) is 18.3 Å². The van der Waals surface area contributed by atoms with Crippen LogP contribution in [0.5, 0.6) is 0 Å². The molecule has 146 valence electrons. The van der Waals surface area contributed by atoms with Crippen LogP contribution in [0.2, 0.25) is 5.02 Å². The average molecular weight is 393 g/mol. The second-order valence-corrected chi connectivity index (χ2v) is 7.51. The summed E-state index contributed by atoms with van der Waals surface area (Å²) in [5.74, 6) is 0.0636. The van der Waals surface area contributed by atoms with E-state index in [9.17, 15) is 18.0 Å². The molecule has 0 atom stereocenters. The number of hydrogen-bond acceptors (Lipinski definition) is 2. The van der Waals surface area contributed by atoms with E-state index >= 15 is 0 Å². The molecule has 0 unspecified atom stereocenters. The number of alkyl halides is 3. The standard InChI is InChI=1S/C17H24ClF3N4O/c18-13-14(11-7-8-11)25(24-15(13)17(19,20)21)10-4-9-22-16(26)23-12-5-2-1-3-6-12/h11-12H,1-10H2,(H2,22,23,26). The number of rotatable bonds is 6. The van der Waals surface area contributed by atoms with Crippen LogP contribution < -0.4 is 10.6 Å². The molecule has 2 amide bonds. The van der Waals surface area contributed by atoms with Crippen molar-refractivity contribution in [3.8, 4) is 0 Å². The largest absolute Gasteiger partial charge is 0.436 e. The van der Waals surface area contributed by atoms with Crippen molar-refractivity contribution < 1.29 is 18.0 Å². The fourth-order valence-electron chi connectivity index (χ4n) is 3.47. The minimum Gasteiger partial charge on any atom is -0.338 e. The lowest BCUT2D eigenvalue weighted by molar-refractivity contribution is -0.141. The zero-order valence-corrected chi connectivity index (χ0v) is 15.3. The molecule has 2 aliphatic rings. The predicted octanol–water partition coefficient (Wildman–Crippen LogP) is 4.45. The molecule has 2 saturated carbocycles. The maximum absolute atomic E-state index is 13.0. The number of urea groups is 1. The van der Waals surface area contributed by atoms with Crippen molar-refractivity contribution in [2.45, 2.75) is 76.0 Å². The van der Waals surface area contributed by atoms with Gasteiger partial charge in [-0.1, -0.05) is 30.9 Å². The molecule has 2 fully saturated rings. The number of halogens is 4. The van der Waals surface area contributed by atoms with Crippen LogP contribution in [-0.2, 0) is 12.7 Å². The molecule has 2 aliphatic carbocycles. The van der Waals surface area contributed by atoms with Gasteiger partial charge in [-0.15, -0.1) is 0 Å². The van der Waals surface area contributed by atoms with Crippen molar-refractivity contribution in [1.29, 1.82) is 0 Å². The molecule has 5 nitrogen and oxygen atoms in total. The normalized spacial score (nSPS) is 18.8. The Bertz CT molecular complexity index is 637. The van der Waals surface area contributed by atoms with Gasteiger partial charge in [0.25, 0.3) is 0 Å². The molecule has 2 N–H and O–H groups in total. The number of carbonyl (C=O) groups excluding carboxylic acids is 1. The van der Waals surface area contributed by atoms with Gasteiger partial charge in [0.15, 0.2) is 5.69 Å². The summed E-state index contributed by atoms with van der Waals surface area (Å²) >= 11 is 5.94. The molecule has 0 spiro atoms. The first-order chi connectivity index (χ1) is 12.4. The van der Waals surface area contributed by atoms with E-state index in [1.165, 1.54) is 11.1 Å². The van der Waals surface area contributed by atoms with E-state index in [-0.39, 0.29) is 23.0 Å². The van der Waals surface area contributed by atoms with E-state index in [1.54, 1.807) is 0 Å². The number of aryl methyl sites for hydroxylation is 1. The fraction of sp³-hybridized carbons (Fsp3) is 0.765. The summed E-state index contributed by atoms with van der Waals surface area (Å²) in [7, 11) is 0. The summed E-state index contributed by atoms with van der Waals surface area (Å²) in [6.45, 7) is 0.673. The van der Waals surface area contributed by atoms with Gasteiger partial charge in [0.05, 0.1) is 10.7 Å². The van der Waals surface area contributed by atoms with Crippen molar-refractivity contribution in [2.24, 2.45) is 0 Å². The molecule has 9 heteroatoms. The number of carbonyl (C=O) groups is 1. The summed E-state index contributed by atoms with van der Waals surface area (Å²) < 4.78 is 40.4. The highest BCUT2D eigenvalue weighted by Crippen LogP contribution is 2.46. The number of hydrogen-bond donors (Lipinski definition) is 2. The van der Waals surface area contributed by atoms with E-state index in [0.29, 0.717) is 25.2 Å². The summed E-state index contributed by atoms with van der Waals surface area (Å²) in [5, 5.41) is 9.13. The highest BCUT2D eigenvalue weighted by Gasteiger charge is 2.41. The van der Waals surface area contributed by atoms with Crippen LogP contribution >= 0.6 is 11.6 Å². The Kier molecular flexibility index (Phi) is 5.99. The van der Waals surface area contributed by atoms with Gasteiger partial charge in [-0.05, 0) is 32.1 Å². The summed E-state index contributed by atoms with van der Waals surface area (Å²) in [4.78, 5) is 11.9. The molecule has 1 aromatic rings. The molecular weight excluding hydrogens is 369 g/mol. The summed E-state index contributed by atoms with van der Waals surface area (Å²) in [6, 6.07) is 0.0123. The first-order valence-corrected chi connectivity index (χ1v) is 9.62. The van der Waals surface area contributed by atoms with Crippen molar-refractivity contribution >= 4 is 17.6 Å². The molecular formula is C17H24ClF3N4O. The average Bonchev–Trinajstić information content (AvgIpc) is 3.35. The quantitative estimate of drug-likeness (QED) is 0.702. The Morgan fingerprint density at radius 3 is 2.50 bits per heavy atom. The van der Waals surface area contributed by atoms with Gasteiger partial charge in [0.2, 0.25) is 0 Å². The second kappa shape index (κ2) is 8.06. The highest BCUT2D eigenvalue weighted by atomic mass is 35.5. The maximum Gasteiger partial charge on any atom is 0.436 e. The van der Waals surface area contributed by atoms with Crippen molar-refractivity contribution in [1.82, 2.24) is 20.4 Å². The Morgan fingerprint density at radius 1 is 1.19 bits per heavy atom. The van der Waals surface area contributed by atoms with E-state index in [1.807, 2.05) is 0 Å². The van der Waals surface area contributed by atoms with Gasteiger partial charge in [0, 0.05) is 25.0 Å². The lowest BCUT2D eigenvalue weighted by Gasteiger charge is -2.22. The number of nitrogens with zero attached hydrogens (tertiary/aromatic N) is 2.